The Labute approximate surface area is 151 Å². The van der Waals surface area contributed by atoms with E-state index in [1.54, 1.807) is 7.05 Å². The topological polar surface area (TPSA) is 90.8 Å². The largest absolute Gasteiger partial charge is 0.358 e. The van der Waals surface area contributed by atoms with E-state index >= 15 is 0 Å². The molecular formula is C18H22N6O2. The first-order valence-electron chi connectivity index (χ1n) is 8.94. The first-order valence-corrected chi connectivity index (χ1v) is 8.94. The maximum absolute atomic E-state index is 11.2. The van der Waals surface area contributed by atoms with Gasteiger partial charge in [0.1, 0.15) is 6.20 Å². The van der Waals surface area contributed by atoms with Crippen molar-refractivity contribution in [2.45, 2.75) is 38.3 Å². The van der Waals surface area contributed by atoms with Gasteiger partial charge < -0.3 is 20.0 Å². The van der Waals surface area contributed by atoms with Crippen molar-refractivity contribution >= 4 is 16.9 Å². The highest BCUT2D eigenvalue weighted by atomic mass is 16.6. The van der Waals surface area contributed by atoms with Gasteiger partial charge in [-0.05, 0) is 43.4 Å². The summed E-state index contributed by atoms with van der Waals surface area (Å²) in [7, 11) is 1.66. The van der Waals surface area contributed by atoms with Gasteiger partial charge in [-0.25, -0.2) is 14.5 Å². The third kappa shape index (κ3) is 2.66. The third-order valence-electron chi connectivity index (χ3n) is 5.28. The minimum Gasteiger partial charge on any atom is -0.358 e. The summed E-state index contributed by atoms with van der Waals surface area (Å²) in [4.78, 5) is 19.9. The molecular weight excluding hydrogens is 332 g/mol. The Balaban J connectivity index is 1.88. The lowest BCUT2D eigenvalue weighted by Gasteiger charge is -2.30. The number of fused-ring (bicyclic) bond motifs is 1. The molecule has 26 heavy (non-hydrogen) atoms. The maximum Gasteiger partial charge on any atom is 0.343 e. The van der Waals surface area contributed by atoms with E-state index < -0.39 is 4.92 Å². The van der Waals surface area contributed by atoms with E-state index in [4.69, 9.17) is 4.98 Å². The molecule has 8 heteroatoms. The number of para-hydroxylation sites is 2. The summed E-state index contributed by atoms with van der Waals surface area (Å²) >= 11 is 0. The zero-order chi connectivity index (χ0) is 18.3. The number of nitrogens with zero attached hydrogens (tertiary/aromatic N) is 5. The predicted molar refractivity (Wildman–Crippen MR) is 98.9 cm³/mol. The Kier molecular flexibility index (Phi) is 4.20. The number of benzene rings is 1. The van der Waals surface area contributed by atoms with Crippen LogP contribution >= 0.6 is 0 Å². The SMILES string of the molecule is CC(C1CCCCN1)n1c(-c2ncc([N+](=O)[O-])n2C)nc2ccccc21. The number of piperidine rings is 1. The second-order valence-electron chi connectivity index (χ2n) is 6.85. The molecule has 8 nitrogen and oxygen atoms in total. The number of imidazole rings is 2. The fourth-order valence-electron chi connectivity index (χ4n) is 3.86. The van der Waals surface area contributed by atoms with Gasteiger partial charge in [0.05, 0.1) is 18.1 Å². The molecule has 0 spiro atoms. The van der Waals surface area contributed by atoms with Gasteiger partial charge in [0, 0.05) is 12.1 Å². The predicted octanol–water partition coefficient (Wildman–Crippen LogP) is 3.05. The van der Waals surface area contributed by atoms with Crippen molar-refractivity contribution in [1.29, 1.82) is 0 Å². The number of hydrogen-bond donors (Lipinski definition) is 1. The van der Waals surface area contributed by atoms with Crippen LogP contribution in [0.25, 0.3) is 22.7 Å². The Morgan fingerprint density at radius 2 is 2.12 bits per heavy atom. The van der Waals surface area contributed by atoms with Gasteiger partial charge in [-0.1, -0.05) is 18.6 Å². The van der Waals surface area contributed by atoms with E-state index in [2.05, 4.69) is 21.8 Å². The molecule has 1 aliphatic rings. The van der Waals surface area contributed by atoms with Crippen LogP contribution < -0.4 is 5.32 Å². The van der Waals surface area contributed by atoms with Crippen molar-refractivity contribution in [3.63, 3.8) is 0 Å². The second kappa shape index (κ2) is 6.53. The lowest BCUT2D eigenvalue weighted by atomic mass is 9.98. The molecule has 2 atom stereocenters. The summed E-state index contributed by atoms with van der Waals surface area (Å²) in [5, 5.41) is 14.8. The van der Waals surface area contributed by atoms with Gasteiger partial charge in [-0.3, -0.25) is 0 Å². The molecule has 1 aromatic carbocycles. The summed E-state index contributed by atoms with van der Waals surface area (Å²) < 4.78 is 3.67. The highest BCUT2D eigenvalue weighted by molar-refractivity contribution is 5.80. The summed E-state index contributed by atoms with van der Waals surface area (Å²) in [5.41, 5.74) is 1.89. The lowest BCUT2D eigenvalue weighted by molar-refractivity contribution is -0.391. The monoisotopic (exact) mass is 354 g/mol. The van der Waals surface area contributed by atoms with Gasteiger partial charge in [-0.15, -0.1) is 0 Å². The second-order valence-corrected chi connectivity index (χ2v) is 6.85. The molecule has 3 heterocycles. The van der Waals surface area contributed by atoms with E-state index in [0.717, 1.165) is 24.0 Å². The molecule has 136 valence electrons. The number of aromatic nitrogens is 4. The Bertz CT molecular complexity index is 954. The van der Waals surface area contributed by atoms with Crippen molar-refractivity contribution in [1.82, 2.24) is 24.4 Å². The highest BCUT2D eigenvalue weighted by Gasteiger charge is 2.29. The zero-order valence-electron chi connectivity index (χ0n) is 14.9. The van der Waals surface area contributed by atoms with Crippen LogP contribution in [0.4, 0.5) is 5.82 Å². The molecule has 0 bridgehead atoms. The average molecular weight is 354 g/mol. The Morgan fingerprint density at radius 3 is 2.81 bits per heavy atom. The van der Waals surface area contributed by atoms with Crippen LogP contribution in [-0.4, -0.2) is 36.6 Å². The molecule has 2 aromatic heterocycles. The minimum absolute atomic E-state index is 0.0398. The first kappa shape index (κ1) is 16.7. The Morgan fingerprint density at radius 1 is 1.31 bits per heavy atom. The fourth-order valence-corrected chi connectivity index (χ4v) is 3.86. The summed E-state index contributed by atoms with van der Waals surface area (Å²) in [6.07, 6.45) is 4.81. The van der Waals surface area contributed by atoms with Crippen LogP contribution in [0.15, 0.2) is 30.5 Å². The van der Waals surface area contributed by atoms with Crippen LogP contribution in [0, 0.1) is 10.1 Å². The van der Waals surface area contributed by atoms with Crippen molar-refractivity contribution in [3.8, 4) is 11.6 Å². The average Bonchev–Trinajstić information content (AvgIpc) is 3.22. The van der Waals surface area contributed by atoms with Crippen molar-refractivity contribution in [2.24, 2.45) is 7.05 Å². The van der Waals surface area contributed by atoms with Crippen LogP contribution in [0.1, 0.15) is 32.2 Å². The van der Waals surface area contributed by atoms with E-state index in [0.29, 0.717) is 17.7 Å². The van der Waals surface area contributed by atoms with E-state index in [-0.39, 0.29) is 11.9 Å². The molecule has 0 saturated carbocycles. The first-order chi connectivity index (χ1) is 12.6. The molecule has 1 saturated heterocycles. The van der Waals surface area contributed by atoms with Crippen LogP contribution in [0.5, 0.6) is 0 Å². The summed E-state index contributed by atoms with van der Waals surface area (Å²) in [5.74, 6) is 1.14. The molecule has 1 aliphatic heterocycles. The standard InChI is InChI=1S/C18H22N6O2/c1-12(13-7-5-6-10-19-13)23-15-9-4-3-8-14(15)21-18(23)17-20-11-16(22(17)2)24(25)26/h3-4,8-9,11-13,19H,5-7,10H2,1-2H3. The maximum atomic E-state index is 11.2. The van der Waals surface area contributed by atoms with Gasteiger partial charge in [0.15, 0.2) is 0 Å². The number of nitrogens with one attached hydrogen (secondary N) is 1. The van der Waals surface area contributed by atoms with Crippen molar-refractivity contribution in [2.75, 3.05) is 6.54 Å². The van der Waals surface area contributed by atoms with Gasteiger partial charge in [0.2, 0.25) is 5.82 Å². The number of rotatable bonds is 4. The van der Waals surface area contributed by atoms with Gasteiger partial charge >= 0.3 is 5.82 Å². The summed E-state index contributed by atoms with van der Waals surface area (Å²) in [6, 6.07) is 8.46. The molecule has 0 radical (unpaired) electrons. The van der Waals surface area contributed by atoms with Crippen LogP contribution in [0.3, 0.4) is 0 Å². The molecule has 4 rings (SSSR count). The lowest BCUT2D eigenvalue weighted by Crippen LogP contribution is -2.40. The van der Waals surface area contributed by atoms with Crippen molar-refractivity contribution in [3.05, 3.63) is 40.6 Å². The molecule has 0 aliphatic carbocycles. The quantitative estimate of drug-likeness (QED) is 0.574. The Hall–Kier alpha value is -2.74. The number of hydrogen-bond acceptors (Lipinski definition) is 5. The van der Waals surface area contributed by atoms with E-state index in [9.17, 15) is 10.1 Å². The zero-order valence-corrected chi connectivity index (χ0v) is 14.9. The third-order valence-corrected chi connectivity index (χ3v) is 5.28. The molecule has 3 aromatic rings. The molecule has 0 amide bonds. The van der Waals surface area contributed by atoms with E-state index in [1.807, 2.05) is 24.3 Å². The molecule has 2 unspecified atom stereocenters. The van der Waals surface area contributed by atoms with Crippen molar-refractivity contribution < 1.29 is 4.92 Å². The van der Waals surface area contributed by atoms with E-state index in [1.165, 1.54) is 23.6 Å². The number of nitro groups is 1. The van der Waals surface area contributed by atoms with Gasteiger partial charge in [0.25, 0.3) is 5.82 Å². The van der Waals surface area contributed by atoms with Crippen LogP contribution in [-0.2, 0) is 7.05 Å². The normalized spacial score (nSPS) is 18.9. The molecule has 1 N–H and O–H groups in total. The minimum atomic E-state index is -0.421. The van der Waals surface area contributed by atoms with Crippen LogP contribution in [0.2, 0.25) is 0 Å². The summed E-state index contributed by atoms with van der Waals surface area (Å²) in [6.45, 7) is 3.20. The fraction of sp³-hybridized carbons (Fsp3) is 0.444. The molecule has 1 fully saturated rings. The van der Waals surface area contributed by atoms with Gasteiger partial charge in [-0.2, -0.15) is 0 Å². The highest BCUT2D eigenvalue weighted by Crippen LogP contribution is 2.32. The smallest absolute Gasteiger partial charge is 0.343 e.